The van der Waals surface area contributed by atoms with Crippen LogP contribution < -0.4 is 10.6 Å². The Bertz CT molecular complexity index is 507. The van der Waals surface area contributed by atoms with Gasteiger partial charge in [-0.1, -0.05) is 17.7 Å². The number of carbonyl (C=O) groups is 2. The van der Waals surface area contributed by atoms with Crippen molar-refractivity contribution in [3.63, 3.8) is 0 Å². The molecule has 6 heteroatoms. The summed E-state index contributed by atoms with van der Waals surface area (Å²) in [5.41, 5.74) is 1.64. The topological polar surface area (TPSA) is 58.2 Å². The number of carbonyl (C=O) groups excluding carboxylic acids is 2. The zero-order valence-corrected chi connectivity index (χ0v) is 12.1. The van der Waals surface area contributed by atoms with Crippen molar-refractivity contribution >= 4 is 40.9 Å². The Morgan fingerprint density at radius 3 is 3.11 bits per heavy atom. The van der Waals surface area contributed by atoms with Gasteiger partial charge in [0, 0.05) is 29.4 Å². The van der Waals surface area contributed by atoms with Gasteiger partial charge in [-0.25, -0.2) is 0 Å². The maximum Gasteiger partial charge on any atom is 0.233 e. The van der Waals surface area contributed by atoms with Gasteiger partial charge in [0.15, 0.2) is 0 Å². The summed E-state index contributed by atoms with van der Waals surface area (Å²) in [6, 6.07) is 5.33. The zero-order valence-electron chi connectivity index (χ0n) is 10.5. The molecule has 0 aromatic heterocycles. The van der Waals surface area contributed by atoms with Crippen LogP contribution in [0.3, 0.4) is 0 Å². The molecular weight excluding hydrogens is 284 g/mol. The van der Waals surface area contributed by atoms with Crippen molar-refractivity contribution in [1.29, 1.82) is 0 Å². The molecule has 2 amide bonds. The summed E-state index contributed by atoms with van der Waals surface area (Å²) < 4.78 is 0. The Morgan fingerprint density at radius 1 is 1.58 bits per heavy atom. The summed E-state index contributed by atoms with van der Waals surface area (Å²) >= 11 is 7.41. The lowest BCUT2D eigenvalue weighted by atomic mass is 10.2. The van der Waals surface area contributed by atoms with E-state index in [2.05, 4.69) is 10.6 Å². The van der Waals surface area contributed by atoms with E-state index in [1.54, 1.807) is 12.1 Å². The molecule has 1 aromatic rings. The van der Waals surface area contributed by atoms with E-state index in [0.29, 0.717) is 17.3 Å². The minimum atomic E-state index is -0.298. The van der Waals surface area contributed by atoms with E-state index in [1.807, 2.05) is 13.0 Å². The molecule has 1 heterocycles. The van der Waals surface area contributed by atoms with Crippen LogP contribution in [0.15, 0.2) is 18.2 Å². The highest BCUT2D eigenvalue weighted by Gasteiger charge is 2.25. The maximum absolute atomic E-state index is 11.9. The Hall–Kier alpha value is -1.20. The minimum Gasteiger partial charge on any atom is -0.354 e. The Balaban J connectivity index is 1.97. The van der Waals surface area contributed by atoms with Gasteiger partial charge < -0.3 is 10.6 Å². The number of hydrogen-bond donors (Lipinski definition) is 2. The molecule has 4 nitrogen and oxygen atoms in total. The molecule has 2 rings (SSSR count). The molecular formula is C13H15ClN2O2S. The molecule has 0 aliphatic carbocycles. The maximum atomic E-state index is 11.9. The van der Waals surface area contributed by atoms with Gasteiger partial charge in [-0.3, -0.25) is 9.59 Å². The van der Waals surface area contributed by atoms with Crippen LogP contribution in [0.2, 0.25) is 5.02 Å². The summed E-state index contributed by atoms with van der Waals surface area (Å²) in [5.74, 6) is 0.619. The lowest BCUT2D eigenvalue weighted by Crippen LogP contribution is -2.40. The predicted octanol–water partition coefficient (Wildman–Crippen LogP) is 2.21. The fourth-order valence-corrected chi connectivity index (χ4v) is 3.00. The van der Waals surface area contributed by atoms with Crippen molar-refractivity contribution in [2.45, 2.75) is 18.6 Å². The van der Waals surface area contributed by atoms with Crippen LogP contribution in [0, 0.1) is 6.92 Å². The second kappa shape index (κ2) is 6.30. The van der Waals surface area contributed by atoms with Crippen molar-refractivity contribution in [1.82, 2.24) is 5.32 Å². The molecule has 2 N–H and O–H groups in total. The van der Waals surface area contributed by atoms with Crippen molar-refractivity contribution in [3.05, 3.63) is 28.8 Å². The molecule has 1 aromatic carbocycles. The highest BCUT2D eigenvalue weighted by atomic mass is 35.5. The van der Waals surface area contributed by atoms with Gasteiger partial charge >= 0.3 is 0 Å². The third kappa shape index (κ3) is 3.88. The monoisotopic (exact) mass is 298 g/mol. The first-order valence-corrected chi connectivity index (χ1v) is 7.44. The van der Waals surface area contributed by atoms with Gasteiger partial charge in [0.2, 0.25) is 11.8 Å². The normalized spacial score (nSPS) is 18.8. The molecule has 0 unspecified atom stereocenters. The number of anilines is 1. The van der Waals surface area contributed by atoms with Gasteiger partial charge in [0.05, 0.1) is 5.25 Å². The molecule has 0 spiro atoms. The molecule has 1 aliphatic heterocycles. The molecule has 1 atom stereocenters. The third-order valence-electron chi connectivity index (χ3n) is 2.86. The first-order chi connectivity index (χ1) is 9.06. The smallest absolute Gasteiger partial charge is 0.233 e. The van der Waals surface area contributed by atoms with Gasteiger partial charge in [0.25, 0.3) is 0 Å². The molecule has 1 saturated heterocycles. The van der Waals surface area contributed by atoms with Crippen LogP contribution in [-0.2, 0) is 9.59 Å². The van der Waals surface area contributed by atoms with Crippen LogP contribution in [0.25, 0.3) is 0 Å². The number of nitrogens with one attached hydrogen (secondary N) is 2. The number of amides is 2. The molecule has 0 saturated carbocycles. The Kier molecular flexibility index (Phi) is 4.71. The van der Waals surface area contributed by atoms with E-state index in [1.165, 1.54) is 11.8 Å². The van der Waals surface area contributed by atoms with Crippen LogP contribution in [0.4, 0.5) is 5.69 Å². The first-order valence-electron chi connectivity index (χ1n) is 6.01. The summed E-state index contributed by atoms with van der Waals surface area (Å²) in [6.45, 7) is 2.57. The van der Waals surface area contributed by atoms with Crippen molar-refractivity contribution in [3.8, 4) is 0 Å². The predicted molar refractivity (Wildman–Crippen MR) is 78.7 cm³/mol. The lowest BCUT2D eigenvalue weighted by molar-refractivity contribution is -0.123. The van der Waals surface area contributed by atoms with Gasteiger partial charge in [-0.2, -0.15) is 0 Å². The largest absolute Gasteiger partial charge is 0.354 e. The quantitative estimate of drug-likeness (QED) is 0.899. The van der Waals surface area contributed by atoms with Crippen molar-refractivity contribution in [2.24, 2.45) is 0 Å². The SMILES string of the molecule is Cc1ccc(Cl)cc1NC(=O)C[C@H]1SCCNC1=O. The molecule has 0 radical (unpaired) electrons. The van der Waals surface area contributed by atoms with E-state index < -0.39 is 0 Å². The number of aryl methyl sites for hydroxylation is 1. The minimum absolute atomic E-state index is 0.0609. The standard InChI is InChI=1S/C13H15ClN2O2S/c1-8-2-3-9(14)6-10(8)16-12(17)7-11-13(18)15-4-5-19-11/h2-3,6,11H,4-5,7H2,1H3,(H,15,18)(H,16,17)/t11-/m1/s1. The highest BCUT2D eigenvalue weighted by Crippen LogP contribution is 2.22. The van der Waals surface area contributed by atoms with E-state index in [9.17, 15) is 9.59 Å². The number of hydrogen-bond acceptors (Lipinski definition) is 3. The number of halogens is 1. The fourth-order valence-electron chi connectivity index (χ4n) is 1.82. The summed E-state index contributed by atoms with van der Waals surface area (Å²) in [5, 5.41) is 5.84. The molecule has 0 bridgehead atoms. The van der Waals surface area contributed by atoms with E-state index in [0.717, 1.165) is 11.3 Å². The molecule has 19 heavy (non-hydrogen) atoms. The first kappa shape index (κ1) is 14.2. The number of thioether (sulfide) groups is 1. The fraction of sp³-hybridized carbons (Fsp3) is 0.385. The number of benzene rings is 1. The second-order valence-corrected chi connectivity index (χ2v) is 6.11. The Labute approximate surface area is 121 Å². The second-order valence-electron chi connectivity index (χ2n) is 4.36. The van der Waals surface area contributed by atoms with Gasteiger partial charge in [-0.15, -0.1) is 11.8 Å². The molecule has 1 fully saturated rings. The van der Waals surface area contributed by atoms with E-state index >= 15 is 0 Å². The van der Waals surface area contributed by atoms with Crippen LogP contribution in [0.1, 0.15) is 12.0 Å². The van der Waals surface area contributed by atoms with Gasteiger partial charge in [0.1, 0.15) is 0 Å². The van der Waals surface area contributed by atoms with Crippen molar-refractivity contribution in [2.75, 3.05) is 17.6 Å². The molecule has 1 aliphatic rings. The van der Waals surface area contributed by atoms with Crippen LogP contribution in [-0.4, -0.2) is 29.4 Å². The third-order valence-corrected chi connectivity index (χ3v) is 4.32. The lowest BCUT2D eigenvalue weighted by Gasteiger charge is -2.21. The summed E-state index contributed by atoms with van der Waals surface area (Å²) in [6.07, 6.45) is 0.183. The summed E-state index contributed by atoms with van der Waals surface area (Å²) in [4.78, 5) is 23.5. The Morgan fingerprint density at radius 2 is 2.37 bits per heavy atom. The van der Waals surface area contributed by atoms with Crippen LogP contribution >= 0.6 is 23.4 Å². The zero-order chi connectivity index (χ0) is 13.8. The van der Waals surface area contributed by atoms with E-state index in [4.69, 9.17) is 11.6 Å². The average Bonchev–Trinajstić information content (AvgIpc) is 2.37. The van der Waals surface area contributed by atoms with E-state index in [-0.39, 0.29) is 23.5 Å². The number of rotatable bonds is 3. The highest BCUT2D eigenvalue weighted by molar-refractivity contribution is 8.00. The van der Waals surface area contributed by atoms with Gasteiger partial charge in [-0.05, 0) is 24.6 Å². The van der Waals surface area contributed by atoms with Crippen LogP contribution in [0.5, 0.6) is 0 Å². The average molecular weight is 299 g/mol. The molecule has 102 valence electrons. The van der Waals surface area contributed by atoms with Crippen molar-refractivity contribution < 1.29 is 9.59 Å². The summed E-state index contributed by atoms with van der Waals surface area (Å²) in [7, 11) is 0.